The Kier molecular flexibility index (Phi) is 5.59. The Morgan fingerprint density at radius 1 is 1.33 bits per heavy atom. The third kappa shape index (κ3) is 3.95. The van der Waals surface area contributed by atoms with Crippen molar-refractivity contribution >= 4 is 5.82 Å². The molecular formula is C17H30N4. The van der Waals surface area contributed by atoms with Crippen LogP contribution in [0.25, 0.3) is 0 Å². The van der Waals surface area contributed by atoms with Crippen LogP contribution in [0.5, 0.6) is 0 Å². The topological polar surface area (TPSA) is 31.4 Å². The van der Waals surface area contributed by atoms with Crippen LogP contribution < -0.4 is 10.2 Å². The number of hydrogen-bond donors (Lipinski definition) is 1. The highest BCUT2D eigenvalue weighted by Crippen LogP contribution is 2.26. The highest BCUT2D eigenvalue weighted by atomic mass is 15.2. The molecule has 1 aliphatic rings. The summed E-state index contributed by atoms with van der Waals surface area (Å²) < 4.78 is 0. The average Bonchev–Trinajstić information content (AvgIpc) is 2.46. The molecule has 1 saturated heterocycles. The van der Waals surface area contributed by atoms with Crippen LogP contribution in [0.15, 0.2) is 6.07 Å². The second-order valence-electron chi connectivity index (χ2n) is 6.31. The van der Waals surface area contributed by atoms with E-state index >= 15 is 0 Å². The Bertz CT molecular complexity index is 464. The molecule has 1 aromatic rings. The fraction of sp³-hybridized carbons (Fsp3) is 0.706. The lowest BCUT2D eigenvalue weighted by atomic mass is 10.0. The zero-order valence-electron chi connectivity index (χ0n) is 14.2. The van der Waals surface area contributed by atoms with Crippen LogP contribution >= 0.6 is 0 Å². The molecule has 1 fully saturated rings. The first-order valence-corrected chi connectivity index (χ1v) is 8.12. The molecule has 0 bridgehead atoms. The largest absolute Gasteiger partial charge is 0.356 e. The number of pyridine rings is 1. The zero-order valence-corrected chi connectivity index (χ0v) is 14.2. The average molecular weight is 290 g/mol. The number of hydrogen-bond acceptors (Lipinski definition) is 4. The summed E-state index contributed by atoms with van der Waals surface area (Å²) in [4.78, 5) is 9.69. The third-order valence-electron chi connectivity index (χ3n) is 4.58. The molecule has 1 aliphatic heterocycles. The van der Waals surface area contributed by atoms with Crippen molar-refractivity contribution in [2.45, 2.75) is 46.2 Å². The maximum Gasteiger partial charge on any atom is 0.133 e. The fourth-order valence-electron chi connectivity index (χ4n) is 3.16. The minimum atomic E-state index is 0.607. The molecule has 21 heavy (non-hydrogen) atoms. The van der Waals surface area contributed by atoms with Crippen molar-refractivity contribution in [1.82, 2.24) is 15.2 Å². The molecule has 0 unspecified atom stereocenters. The normalized spacial score (nSPS) is 17.2. The molecule has 0 saturated carbocycles. The van der Waals surface area contributed by atoms with E-state index in [2.05, 4.69) is 56.0 Å². The third-order valence-corrected chi connectivity index (χ3v) is 4.58. The maximum atomic E-state index is 4.85. The number of piperidine rings is 1. The van der Waals surface area contributed by atoms with Gasteiger partial charge in [-0.15, -0.1) is 0 Å². The van der Waals surface area contributed by atoms with Crippen LogP contribution in [-0.2, 0) is 6.54 Å². The van der Waals surface area contributed by atoms with E-state index in [1.54, 1.807) is 0 Å². The van der Waals surface area contributed by atoms with E-state index in [9.17, 15) is 0 Å². The van der Waals surface area contributed by atoms with Crippen LogP contribution in [-0.4, -0.2) is 49.7 Å². The molecule has 1 aromatic heterocycles. The number of nitrogens with one attached hydrogen (secondary N) is 1. The molecule has 2 heterocycles. The first kappa shape index (κ1) is 16.2. The van der Waals surface area contributed by atoms with Gasteiger partial charge in [-0.2, -0.15) is 0 Å². The van der Waals surface area contributed by atoms with E-state index < -0.39 is 0 Å². The van der Waals surface area contributed by atoms with Gasteiger partial charge in [-0.3, -0.25) is 0 Å². The van der Waals surface area contributed by atoms with E-state index in [0.29, 0.717) is 6.04 Å². The molecule has 0 aliphatic carbocycles. The predicted octanol–water partition coefficient (Wildman–Crippen LogP) is 2.34. The highest BCUT2D eigenvalue weighted by Gasteiger charge is 2.23. The van der Waals surface area contributed by atoms with Gasteiger partial charge in [0.05, 0.1) is 0 Å². The summed E-state index contributed by atoms with van der Waals surface area (Å²) in [6.45, 7) is 10.7. The first-order valence-electron chi connectivity index (χ1n) is 8.12. The van der Waals surface area contributed by atoms with Gasteiger partial charge in [-0.25, -0.2) is 4.98 Å². The second kappa shape index (κ2) is 7.23. The Morgan fingerprint density at radius 3 is 2.62 bits per heavy atom. The summed E-state index contributed by atoms with van der Waals surface area (Å²) in [5.41, 5.74) is 3.81. The smallest absolute Gasteiger partial charge is 0.133 e. The van der Waals surface area contributed by atoms with E-state index in [0.717, 1.165) is 18.8 Å². The van der Waals surface area contributed by atoms with Gasteiger partial charge in [0.1, 0.15) is 5.82 Å². The fourth-order valence-corrected chi connectivity index (χ4v) is 3.16. The number of aromatic nitrogens is 1. The lowest BCUT2D eigenvalue weighted by Gasteiger charge is -2.37. The van der Waals surface area contributed by atoms with Crippen LogP contribution in [0.4, 0.5) is 5.82 Å². The highest BCUT2D eigenvalue weighted by molar-refractivity contribution is 5.52. The van der Waals surface area contributed by atoms with Gasteiger partial charge < -0.3 is 15.1 Å². The molecule has 2 rings (SSSR count). The molecule has 4 nitrogen and oxygen atoms in total. The van der Waals surface area contributed by atoms with Crippen LogP contribution in [0.3, 0.4) is 0 Å². The SMILES string of the molecule is CCNCc1c(C)cc(C)nc1N(C)C1CCN(C)CC1. The van der Waals surface area contributed by atoms with E-state index in [-0.39, 0.29) is 0 Å². The predicted molar refractivity (Wildman–Crippen MR) is 90.0 cm³/mol. The molecule has 0 amide bonds. The van der Waals surface area contributed by atoms with Crippen molar-refractivity contribution in [3.8, 4) is 0 Å². The van der Waals surface area contributed by atoms with Crippen molar-refractivity contribution < 1.29 is 0 Å². The van der Waals surface area contributed by atoms with Gasteiger partial charge >= 0.3 is 0 Å². The summed E-state index contributed by atoms with van der Waals surface area (Å²) in [5.74, 6) is 1.17. The minimum Gasteiger partial charge on any atom is -0.356 e. The lowest BCUT2D eigenvalue weighted by Crippen LogP contribution is -2.42. The van der Waals surface area contributed by atoms with Gasteiger partial charge in [0.15, 0.2) is 0 Å². The second-order valence-corrected chi connectivity index (χ2v) is 6.31. The number of anilines is 1. The van der Waals surface area contributed by atoms with Crippen molar-refractivity contribution in [2.75, 3.05) is 38.6 Å². The van der Waals surface area contributed by atoms with E-state index in [1.807, 2.05) is 0 Å². The van der Waals surface area contributed by atoms with Gasteiger partial charge in [-0.05, 0) is 65.0 Å². The van der Waals surface area contributed by atoms with E-state index in [4.69, 9.17) is 4.98 Å². The molecule has 0 spiro atoms. The number of likely N-dealkylation sites (tertiary alicyclic amines) is 1. The Balaban J connectivity index is 2.23. The summed E-state index contributed by atoms with van der Waals surface area (Å²) in [7, 11) is 4.43. The van der Waals surface area contributed by atoms with Gasteiger partial charge in [0.2, 0.25) is 0 Å². The first-order chi connectivity index (χ1) is 10.0. The van der Waals surface area contributed by atoms with Crippen molar-refractivity contribution in [3.05, 3.63) is 22.9 Å². The van der Waals surface area contributed by atoms with Crippen molar-refractivity contribution in [3.63, 3.8) is 0 Å². The zero-order chi connectivity index (χ0) is 15.4. The van der Waals surface area contributed by atoms with Crippen LogP contribution in [0.2, 0.25) is 0 Å². The standard InChI is InChI=1S/C17H30N4/c1-6-18-12-16-13(2)11-14(3)19-17(16)21(5)15-7-9-20(4)10-8-15/h11,15,18H,6-10,12H2,1-5H3. The molecule has 0 radical (unpaired) electrons. The molecule has 118 valence electrons. The minimum absolute atomic E-state index is 0.607. The van der Waals surface area contributed by atoms with Crippen LogP contribution in [0.1, 0.15) is 36.6 Å². The maximum absolute atomic E-state index is 4.85. The molecule has 4 heteroatoms. The van der Waals surface area contributed by atoms with E-state index in [1.165, 1.54) is 42.9 Å². The molecule has 0 atom stereocenters. The summed E-state index contributed by atoms with van der Waals surface area (Å²) in [6.07, 6.45) is 2.45. The van der Waals surface area contributed by atoms with Gasteiger partial charge in [0.25, 0.3) is 0 Å². The summed E-state index contributed by atoms with van der Waals surface area (Å²) >= 11 is 0. The molecule has 0 aromatic carbocycles. The Morgan fingerprint density at radius 2 is 2.00 bits per heavy atom. The number of nitrogens with zero attached hydrogens (tertiary/aromatic N) is 3. The number of aryl methyl sites for hydroxylation is 2. The Labute approximate surface area is 129 Å². The summed E-state index contributed by atoms with van der Waals surface area (Å²) in [5, 5.41) is 3.46. The monoisotopic (exact) mass is 290 g/mol. The Hall–Kier alpha value is -1.13. The van der Waals surface area contributed by atoms with Gasteiger partial charge in [0, 0.05) is 30.9 Å². The molecular weight excluding hydrogens is 260 g/mol. The van der Waals surface area contributed by atoms with Crippen molar-refractivity contribution in [2.24, 2.45) is 0 Å². The quantitative estimate of drug-likeness (QED) is 0.902. The van der Waals surface area contributed by atoms with Crippen molar-refractivity contribution in [1.29, 1.82) is 0 Å². The number of rotatable bonds is 5. The van der Waals surface area contributed by atoms with Gasteiger partial charge in [-0.1, -0.05) is 6.92 Å². The lowest BCUT2D eigenvalue weighted by molar-refractivity contribution is 0.252. The summed E-state index contributed by atoms with van der Waals surface area (Å²) in [6, 6.07) is 2.80. The van der Waals surface area contributed by atoms with Crippen LogP contribution in [0, 0.1) is 13.8 Å². The molecule has 1 N–H and O–H groups in total.